The molecule has 1 heterocycles. The number of carboxylic acid groups (broad SMARTS) is 1. The monoisotopic (exact) mass is 285 g/mol. The van der Waals surface area contributed by atoms with Gasteiger partial charge in [-0.25, -0.2) is 0 Å². The molecule has 3 nitrogen and oxygen atoms in total. The second-order valence-corrected chi connectivity index (χ2v) is 6.44. The number of hydrogen-bond donors (Lipinski definition) is 1. The number of benzene rings is 1. The van der Waals surface area contributed by atoms with E-state index in [9.17, 15) is 4.79 Å². The molecular weight excluding hydrogens is 262 g/mol. The largest absolute Gasteiger partial charge is 0.481 e. The Balaban J connectivity index is 1.81. The Bertz CT molecular complexity index is 638. The molecule has 0 radical (unpaired) electrons. The number of rotatable bonds is 5. The van der Waals surface area contributed by atoms with Gasteiger partial charge in [0.1, 0.15) is 0 Å². The van der Waals surface area contributed by atoms with Crippen LogP contribution in [0.4, 0.5) is 0 Å². The summed E-state index contributed by atoms with van der Waals surface area (Å²) in [5.41, 5.74) is 2.39. The number of hydrogen-bond acceptors (Lipinski definition) is 1. The van der Waals surface area contributed by atoms with Crippen LogP contribution in [0.25, 0.3) is 10.9 Å². The van der Waals surface area contributed by atoms with Gasteiger partial charge in [-0.15, -0.1) is 0 Å². The minimum Gasteiger partial charge on any atom is -0.481 e. The molecule has 3 rings (SSSR count). The summed E-state index contributed by atoms with van der Waals surface area (Å²) in [5.74, 6) is 0.151. The minimum atomic E-state index is -0.735. The van der Waals surface area contributed by atoms with Crippen molar-refractivity contribution in [2.75, 3.05) is 0 Å². The molecule has 1 fully saturated rings. The van der Waals surface area contributed by atoms with Crippen LogP contribution in [0.5, 0.6) is 0 Å². The van der Waals surface area contributed by atoms with Crippen LogP contribution in [0.2, 0.25) is 0 Å². The van der Waals surface area contributed by atoms with E-state index in [0.717, 1.165) is 18.0 Å². The van der Waals surface area contributed by atoms with E-state index in [-0.39, 0.29) is 12.3 Å². The van der Waals surface area contributed by atoms with Crippen LogP contribution in [0.1, 0.15) is 50.5 Å². The molecule has 3 heteroatoms. The first-order chi connectivity index (χ1) is 10.1. The number of nitrogens with zero attached hydrogens (tertiary/aromatic N) is 1. The standard InChI is InChI=1S/C18H23NO2/c1-13(10-18(20)21)15-6-7-17-16(11-15)8-9-19(17)12-14-4-2-3-5-14/h6-9,11,13-14H,2-5,10,12H2,1H3,(H,20,21). The molecule has 112 valence electrons. The summed E-state index contributed by atoms with van der Waals surface area (Å²) in [7, 11) is 0. The van der Waals surface area contributed by atoms with Crippen LogP contribution < -0.4 is 0 Å². The summed E-state index contributed by atoms with van der Waals surface area (Å²) in [4.78, 5) is 10.8. The molecule has 1 unspecified atom stereocenters. The quantitative estimate of drug-likeness (QED) is 0.884. The number of carboxylic acids is 1. The Morgan fingerprint density at radius 1 is 1.33 bits per heavy atom. The Hall–Kier alpha value is -1.77. The van der Waals surface area contributed by atoms with E-state index in [4.69, 9.17) is 5.11 Å². The van der Waals surface area contributed by atoms with Crippen molar-refractivity contribution < 1.29 is 9.90 Å². The van der Waals surface area contributed by atoms with E-state index < -0.39 is 5.97 Å². The topological polar surface area (TPSA) is 42.2 Å². The Kier molecular flexibility index (Phi) is 4.00. The van der Waals surface area contributed by atoms with E-state index in [2.05, 4.69) is 35.0 Å². The lowest BCUT2D eigenvalue weighted by Gasteiger charge is -2.13. The summed E-state index contributed by atoms with van der Waals surface area (Å²) < 4.78 is 2.36. The van der Waals surface area contributed by atoms with Crippen LogP contribution in [0.3, 0.4) is 0 Å². The second kappa shape index (κ2) is 5.92. The molecule has 1 atom stereocenters. The van der Waals surface area contributed by atoms with Crippen LogP contribution in [-0.4, -0.2) is 15.6 Å². The first kappa shape index (κ1) is 14.2. The minimum absolute atomic E-state index is 0.0603. The van der Waals surface area contributed by atoms with E-state index in [1.807, 2.05) is 6.92 Å². The summed E-state index contributed by atoms with van der Waals surface area (Å²) in [6, 6.07) is 8.54. The smallest absolute Gasteiger partial charge is 0.303 e. The lowest BCUT2D eigenvalue weighted by Crippen LogP contribution is -2.06. The van der Waals surface area contributed by atoms with Gasteiger partial charge in [0.2, 0.25) is 0 Å². The van der Waals surface area contributed by atoms with Crippen molar-refractivity contribution in [1.82, 2.24) is 4.57 Å². The summed E-state index contributed by atoms with van der Waals surface area (Å²) in [5, 5.41) is 10.1. The molecule has 1 aromatic carbocycles. The highest BCUT2D eigenvalue weighted by atomic mass is 16.4. The van der Waals surface area contributed by atoms with Crippen LogP contribution >= 0.6 is 0 Å². The maximum absolute atomic E-state index is 10.8. The van der Waals surface area contributed by atoms with Gasteiger partial charge in [-0.05, 0) is 53.8 Å². The van der Waals surface area contributed by atoms with E-state index in [0.29, 0.717) is 0 Å². The zero-order valence-electron chi connectivity index (χ0n) is 12.6. The van der Waals surface area contributed by atoms with Crippen LogP contribution in [-0.2, 0) is 11.3 Å². The summed E-state index contributed by atoms with van der Waals surface area (Å²) >= 11 is 0. The van der Waals surface area contributed by atoms with Gasteiger partial charge in [-0.1, -0.05) is 25.8 Å². The van der Waals surface area contributed by atoms with Gasteiger partial charge < -0.3 is 9.67 Å². The number of aliphatic carboxylic acids is 1. The molecule has 0 saturated heterocycles. The van der Waals surface area contributed by atoms with Gasteiger partial charge in [-0.2, -0.15) is 0 Å². The number of carbonyl (C=O) groups is 1. The molecule has 21 heavy (non-hydrogen) atoms. The van der Waals surface area contributed by atoms with Crippen LogP contribution in [0, 0.1) is 5.92 Å². The third-order valence-corrected chi connectivity index (χ3v) is 4.77. The van der Waals surface area contributed by atoms with Crippen molar-refractivity contribution in [2.45, 2.75) is 51.5 Å². The van der Waals surface area contributed by atoms with Gasteiger partial charge in [0.25, 0.3) is 0 Å². The second-order valence-electron chi connectivity index (χ2n) is 6.44. The van der Waals surface area contributed by atoms with Gasteiger partial charge in [0.05, 0.1) is 6.42 Å². The summed E-state index contributed by atoms with van der Waals surface area (Å²) in [6.07, 6.45) is 7.82. The number of fused-ring (bicyclic) bond motifs is 1. The maximum atomic E-state index is 10.8. The molecule has 0 spiro atoms. The van der Waals surface area contributed by atoms with Crippen molar-refractivity contribution in [2.24, 2.45) is 5.92 Å². The molecule has 1 aliphatic rings. The van der Waals surface area contributed by atoms with Crippen molar-refractivity contribution in [3.63, 3.8) is 0 Å². The molecule has 1 aromatic heterocycles. The maximum Gasteiger partial charge on any atom is 0.303 e. The third kappa shape index (κ3) is 3.12. The fourth-order valence-electron chi connectivity index (χ4n) is 3.54. The number of aromatic nitrogens is 1. The molecule has 0 bridgehead atoms. The van der Waals surface area contributed by atoms with Crippen molar-refractivity contribution in [3.05, 3.63) is 36.0 Å². The van der Waals surface area contributed by atoms with Crippen molar-refractivity contribution >= 4 is 16.9 Å². The van der Waals surface area contributed by atoms with Crippen LogP contribution in [0.15, 0.2) is 30.5 Å². The van der Waals surface area contributed by atoms with Gasteiger partial charge in [0.15, 0.2) is 0 Å². The average Bonchev–Trinajstić information content (AvgIpc) is 3.08. The van der Waals surface area contributed by atoms with E-state index >= 15 is 0 Å². The SMILES string of the molecule is CC(CC(=O)O)c1ccc2c(ccn2CC2CCCC2)c1. The van der Waals surface area contributed by atoms with E-state index in [1.165, 1.54) is 36.6 Å². The van der Waals surface area contributed by atoms with Crippen molar-refractivity contribution in [1.29, 1.82) is 0 Å². The van der Waals surface area contributed by atoms with E-state index in [1.54, 1.807) is 0 Å². The zero-order chi connectivity index (χ0) is 14.8. The molecule has 1 N–H and O–H groups in total. The Morgan fingerprint density at radius 2 is 2.10 bits per heavy atom. The molecule has 1 aliphatic carbocycles. The highest BCUT2D eigenvalue weighted by molar-refractivity contribution is 5.81. The highest BCUT2D eigenvalue weighted by Crippen LogP contribution is 2.29. The predicted octanol–water partition coefficient (Wildman–Crippen LogP) is 4.41. The van der Waals surface area contributed by atoms with Gasteiger partial charge in [0, 0.05) is 18.3 Å². The van der Waals surface area contributed by atoms with Crippen molar-refractivity contribution in [3.8, 4) is 0 Å². The lowest BCUT2D eigenvalue weighted by molar-refractivity contribution is -0.137. The fraction of sp³-hybridized carbons (Fsp3) is 0.500. The average molecular weight is 285 g/mol. The zero-order valence-corrected chi connectivity index (χ0v) is 12.6. The van der Waals surface area contributed by atoms with Gasteiger partial charge in [-0.3, -0.25) is 4.79 Å². The first-order valence-corrected chi connectivity index (χ1v) is 7.94. The predicted molar refractivity (Wildman–Crippen MR) is 84.6 cm³/mol. The Morgan fingerprint density at radius 3 is 2.81 bits per heavy atom. The fourth-order valence-corrected chi connectivity index (χ4v) is 3.54. The summed E-state index contributed by atoms with van der Waals surface area (Å²) in [6.45, 7) is 3.10. The molecule has 0 aliphatic heterocycles. The molecular formula is C18H23NO2. The first-order valence-electron chi connectivity index (χ1n) is 7.94. The lowest BCUT2D eigenvalue weighted by atomic mass is 9.97. The Labute approximate surface area is 125 Å². The normalized spacial score (nSPS) is 17.4. The van der Waals surface area contributed by atoms with Gasteiger partial charge >= 0.3 is 5.97 Å². The molecule has 0 amide bonds. The molecule has 2 aromatic rings. The molecule has 1 saturated carbocycles. The highest BCUT2D eigenvalue weighted by Gasteiger charge is 2.16. The third-order valence-electron chi connectivity index (χ3n) is 4.77.